The molecule has 0 aromatic heterocycles. The van der Waals surface area contributed by atoms with Crippen LogP contribution in [-0.2, 0) is 9.09 Å². The van der Waals surface area contributed by atoms with E-state index >= 15 is 0 Å². The van der Waals surface area contributed by atoms with E-state index in [4.69, 9.17) is 16.0 Å². The smallest absolute Gasteiger partial charge is 0.756 e. The fourth-order valence-corrected chi connectivity index (χ4v) is 0.726. The van der Waals surface area contributed by atoms with Crippen LogP contribution >= 0.6 is 7.82 Å². The second-order valence-electron chi connectivity index (χ2n) is 2.11. The Hall–Kier alpha value is 0.380. The van der Waals surface area contributed by atoms with Gasteiger partial charge in [0.1, 0.15) is 0 Å². The van der Waals surface area contributed by atoms with E-state index in [-0.39, 0.29) is 48.7 Å². The van der Waals surface area contributed by atoms with Gasteiger partial charge in [-0.3, -0.25) is 9.97 Å². The van der Waals surface area contributed by atoms with Gasteiger partial charge >= 0.3 is 29.6 Å². The van der Waals surface area contributed by atoms with E-state index < -0.39 is 7.82 Å². The first-order valence-electron chi connectivity index (χ1n) is 3.06. The van der Waals surface area contributed by atoms with Crippen molar-refractivity contribution in [1.82, 2.24) is 4.90 Å². The minimum atomic E-state index is -4.64. The number of rotatable bonds is 4. The summed E-state index contributed by atoms with van der Waals surface area (Å²) in [5.74, 6) is -0.197. The summed E-state index contributed by atoms with van der Waals surface area (Å²) in [6, 6.07) is 0. The zero-order valence-electron chi connectivity index (χ0n) is 7.56. The fraction of sp³-hybridized carbons (Fsp3) is 0.750. The molecule has 0 rings (SSSR count). The van der Waals surface area contributed by atoms with Gasteiger partial charge in [0.2, 0.25) is 0 Å². The van der Waals surface area contributed by atoms with Crippen molar-refractivity contribution in [3.05, 3.63) is 0 Å². The first kappa shape index (κ1) is 15.8. The molecule has 0 radical (unpaired) electrons. The first-order valence-corrected chi connectivity index (χ1v) is 4.56. The second-order valence-corrected chi connectivity index (χ2v) is 3.30. The molecule has 0 spiro atoms. The Labute approximate surface area is 98.3 Å². The summed E-state index contributed by atoms with van der Waals surface area (Å²) >= 11 is 0. The molecule has 0 fully saturated rings. The number of nitrogens with two attached hydrogens (primary N) is 1. The van der Waals surface area contributed by atoms with Crippen molar-refractivity contribution in [1.29, 1.82) is 5.41 Å². The van der Waals surface area contributed by atoms with Gasteiger partial charge in [-0.15, -0.1) is 0 Å². The number of likely N-dealkylation sites (N-methyl/N-ethyl adjacent to an activating group) is 1. The van der Waals surface area contributed by atoms with E-state index in [1.807, 2.05) is 0 Å². The molecule has 4 N–H and O–H groups in total. The summed E-state index contributed by atoms with van der Waals surface area (Å²) in [5.41, 5.74) is 5.03. The van der Waals surface area contributed by atoms with Crippen LogP contribution in [0.5, 0.6) is 0 Å². The number of hydrogen-bond acceptors (Lipinski definition) is 4. The van der Waals surface area contributed by atoms with Crippen LogP contribution in [0.25, 0.3) is 0 Å². The molecule has 0 amide bonds. The summed E-state index contributed by atoms with van der Waals surface area (Å²) in [6.45, 7) is -0.102. The van der Waals surface area contributed by atoms with Crippen molar-refractivity contribution < 1.29 is 48.4 Å². The molecule has 0 bridgehead atoms. The van der Waals surface area contributed by atoms with Crippen LogP contribution in [-0.4, -0.2) is 36.0 Å². The van der Waals surface area contributed by atoms with Crippen LogP contribution in [0, 0.1) is 5.41 Å². The summed E-state index contributed by atoms with van der Waals surface area (Å²) in [5, 5.41) is 6.87. The molecule has 1 atom stereocenters. The molecule has 0 aliphatic heterocycles. The zero-order valence-corrected chi connectivity index (χ0v) is 10.5. The Balaban J connectivity index is 0. The number of nitrogens with one attached hydrogen (secondary N) is 1. The molecule has 0 saturated heterocycles. The minimum absolute atomic E-state index is 0. The van der Waals surface area contributed by atoms with Crippen molar-refractivity contribution in [3.63, 3.8) is 0 Å². The van der Waals surface area contributed by atoms with Gasteiger partial charge in [-0.1, -0.05) is 0 Å². The molecule has 0 saturated carbocycles. The predicted molar refractivity (Wildman–Crippen MR) is 40.3 cm³/mol. The fourth-order valence-electron chi connectivity index (χ4n) is 0.414. The number of hydrogen-bond donors (Lipinski definition) is 3. The first-order chi connectivity index (χ1) is 5.33. The van der Waals surface area contributed by atoms with Gasteiger partial charge < -0.3 is 24.9 Å². The van der Waals surface area contributed by atoms with Gasteiger partial charge in [0.25, 0.3) is 7.82 Å². The van der Waals surface area contributed by atoms with Crippen LogP contribution in [0.2, 0.25) is 0 Å². The number of phosphoric acid groups is 1. The monoisotopic (exact) mass is 219 g/mol. The molecule has 0 aromatic rings. The maximum atomic E-state index is 10.0. The zero-order chi connectivity index (χ0) is 9.78. The molecule has 7 nitrogen and oxygen atoms in total. The van der Waals surface area contributed by atoms with Crippen molar-refractivity contribution >= 4 is 13.8 Å². The average Bonchev–Trinajstić information content (AvgIpc) is 1.84. The van der Waals surface area contributed by atoms with Crippen molar-refractivity contribution in [2.45, 2.75) is 0 Å². The maximum absolute atomic E-state index is 10.0. The largest absolute Gasteiger partial charge is 1.00 e. The van der Waals surface area contributed by atoms with E-state index in [0.717, 1.165) is 0 Å². The van der Waals surface area contributed by atoms with Gasteiger partial charge in [-0.05, 0) is 0 Å². The van der Waals surface area contributed by atoms with Crippen LogP contribution in [0.15, 0.2) is 0 Å². The summed E-state index contributed by atoms with van der Waals surface area (Å²) < 4.78 is 14.1. The molecule has 1 unspecified atom stereocenters. The topological polar surface area (TPSA) is 123 Å². The SMILES string of the molecule is CN(CCOP(=O)([O-])O)C(=N)N.[Na+]. The van der Waals surface area contributed by atoms with E-state index in [1.54, 1.807) is 0 Å². The van der Waals surface area contributed by atoms with Crippen molar-refractivity contribution in [2.75, 3.05) is 20.2 Å². The standard InChI is InChI=1S/C4H12N3O4P.Na/c1-7(4(5)6)2-3-11-12(8,9)10;/h2-3H2,1H3,(H3,5,6)(H2,8,9,10);/q;+1/p-1. The Morgan fingerprint density at radius 3 is 2.62 bits per heavy atom. The third-order valence-corrected chi connectivity index (χ3v) is 1.60. The van der Waals surface area contributed by atoms with Crippen LogP contribution in [0.1, 0.15) is 0 Å². The van der Waals surface area contributed by atoms with E-state index in [2.05, 4.69) is 4.52 Å². The molecule has 0 aliphatic rings. The van der Waals surface area contributed by atoms with Crippen LogP contribution < -0.4 is 40.2 Å². The second kappa shape index (κ2) is 6.78. The molecule has 0 heterocycles. The van der Waals surface area contributed by atoms with E-state index in [1.165, 1.54) is 11.9 Å². The van der Waals surface area contributed by atoms with E-state index in [0.29, 0.717) is 0 Å². The molecule has 0 aliphatic carbocycles. The Morgan fingerprint density at radius 1 is 1.85 bits per heavy atom. The van der Waals surface area contributed by atoms with Crippen LogP contribution in [0.4, 0.5) is 0 Å². The third-order valence-electron chi connectivity index (χ3n) is 1.09. The molecule has 0 aromatic carbocycles. The van der Waals surface area contributed by atoms with E-state index in [9.17, 15) is 9.46 Å². The van der Waals surface area contributed by atoms with Crippen molar-refractivity contribution in [3.8, 4) is 0 Å². The Bertz CT molecular complexity index is 208. The number of phosphoric ester groups is 1. The van der Waals surface area contributed by atoms with Crippen molar-refractivity contribution in [2.24, 2.45) is 5.73 Å². The van der Waals surface area contributed by atoms with Crippen LogP contribution in [0.3, 0.4) is 0 Å². The van der Waals surface area contributed by atoms with Gasteiger partial charge in [0.05, 0.1) is 6.61 Å². The van der Waals surface area contributed by atoms with Gasteiger partial charge in [-0.2, -0.15) is 0 Å². The molecular formula is C4H11N3NaO4P. The summed E-state index contributed by atoms with van der Waals surface area (Å²) in [6.07, 6.45) is 0. The average molecular weight is 219 g/mol. The molecule has 9 heteroatoms. The molecular weight excluding hydrogens is 208 g/mol. The van der Waals surface area contributed by atoms with Gasteiger partial charge in [-0.25, -0.2) is 0 Å². The normalized spacial score (nSPS) is 14.1. The number of nitrogens with zero attached hydrogens (tertiary/aromatic N) is 1. The van der Waals surface area contributed by atoms with Gasteiger partial charge in [0.15, 0.2) is 5.96 Å². The van der Waals surface area contributed by atoms with Gasteiger partial charge in [0, 0.05) is 13.6 Å². The third kappa shape index (κ3) is 10.3. The molecule has 72 valence electrons. The molecule has 13 heavy (non-hydrogen) atoms. The Morgan fingerprint density at radius 2 is 2.31 bits per heavy atom. The number of guanidine groups is 1. The summed E-state index contributed by atoms with van der Waals surface area (Å²) in [7, 11) is -3.14. The predicted octanol–water partition coefficient (Wildman–Crippen LogP) is -4.71. The maximum Gasteiger partial charge on any atom is 1.00 e. The summed E-state index contributed by atoms with van der Waals surface area (Å²) in [4.78, 5) is 19.5. The minimum Gasteiger partial charge on any atom is -0.756 e. The quantitative estimate of drug-likeness (QED) is 0.189. The Kier molecular flexibility index (Phi) is 8.26.